The topological polar surface area (TPSA) is 93.6 Å². The van der Waals surface area contributed by atoms with Crippen molar-refractivity contribution >= 4 is 30.0 Å². The molecule has 0 saturated heterocycles. The molecule has 0 radical (unpaired) electrons. The Kier molecular flexibility index (Phi) is 6.13. The van der Waals surface area contributed by atoms with Crippen molar-refractivity contribution in [3.05, 3.63) is 72.6 Å². The van der Waals surface area contributed by atoms with Gasteiger partial charge in [0, 0.05) is 5.56 Å². The van der Waals surface area contributed by atoms with E-state index in [4.69, 9.17) is 9.47 Å². The van der Waals surface area contributed by atoms with Gasteiger partial charge in [0.15, 0.2) is 5.75 Å². The second-order valence-electron chi connectivity index (χ2n) is 5.51. The van der Waals surface area contributed by atoms with Gasteiger partial charge in [0.2, 0.25) is 11.8 Å². The molecule has 3 rings (SSSR count). The molecule has 0 spiro atoms. The van der Waals surface area contributed by atoms with E-state index in [1.807, 2.05) is 18.2 Å². The number of rotatable bonds is 7. The number of ether oxygens (including phenoxy) is 2. The van der Waals surface area contributed by atoms with Gasteiger partial charge in [-0.05, 0) is 25.1 Å². The zero-order valence-electron chi connectivity index (χ0n) is 14.9. The van der Waals surface area contributed by atoms with Crippen molar-refractivity contribution in [3.8, 4) is 23.3 Å². The van der Waals surface area contributed by atoms with Crippen LogP contribution in [0.5, 0.6) is 23.3 Å². The van der Waals surface area contributed by atoms with Gasteiger partial charge in [-0.2, -0.15) is 0 Å². The molecule has 2 N–H and O–H groups in total. The molecule has 0 aliphatic heterocycles. The van der Waals surface area contributed by atoms with Gasteiger partial charge in [-0.15, -0.1) is 0 Å². The van der Waals surface area contributed by atoms with Crippen LogP contribution in [0.25, 0.3) is 5.57 Å². The number of nitrogens with one attached hydrogen (secondary N) is 1. The van der Waals surface area contributed by atoms with E-state index in [0.717, 1.165) is 0 Å². The van der Waals surface area contributed by atoms with E-state index in [-0.39, 0.29) is 17.3 Å². The monoisotopic (exact) mass is 395 g/mol. The third kappa shape index (κ3) is 4.41. The average molecular weight is 395 g/mol. The first-order valence-electron chi connectivity index (χ1n) is 8.28. The van der Waals surface area contributed by atoms with Gasteiger partial charge < -0.3 is 19.3 Å². The van der Waals surface area contributed by atoms with Gasteiger partial charge in [-0.1, -0.05) is 49.2 Å². The minimum atomic E-state index is -1.04. The van der Waals surface area contributed by atoms with Crippen LogP contribution in [0.1, 0.15) is 12.5 Å². The molecule has 0 saturated carbocycles. The summed E-state index contributed by atoms with van der Waals surface area (Å²) in [7, 11) is 0. The fourth-order valence-corrected chi connectivity index (χ4v) is 2.66. The number of benzene rings is 2. The molecule has 0 fully saturated rings. The Labute approximate surface area is 167 Å². The van der Waals surface area contributed by atoms with E-state index in [1.165, 1.54) is 18.5 Å². The van der Waals surface area contributed by atoms with Crippen LogP contribution in [0.2, 0.25) is 0 Å². The number of thiol groups is 1. The number of hydrogen-bond donors (Lipinski definition) is 3. The van der Waals surface area contributed by atoms with Gasteiger partial charge in [0.25, 0.3) is 0 Å². The first kappa shape index (κ1) is 19.2. The molecule has 1 heterocycles. The van der Waals surface area contributed by atoms with Crippen LogP contribution in [0.15, 0.2) is 67.0 Å². The fourth-order valence-electron chi connectivity index (χ4n) is 2.48. The Hall–Kier alpha value is -3.52. The molecule has 1 aromatic heterocycles. The molecular formula is C20H17N3O4S. The number of carboxylic acids is 1. The van der Waals surface area contributed by atoms with Crippen LogP contribution < -0.4 is 14.2 Å². The van der Waals surface area contributed by atoms with Crippen molar-refractivity contribution in [2.75, 3.05) is 4.72 Å². The number of aromatic nitrogens is 2. The number of carboxylic acid groups (broad SMARTS) is 1. The Balaban J connectivity index is 1.87. The van der Waals surface area contributed by atoms with E-state index in [2.05, 4.69) is 27.5 Å². The predicted octanol–water partition coefficient (Wildman–Crippen LogP) is 4.81. The van der Waals surface area contributed by atoms with Gasteiger partial charge in [0.1, 0.15) is 12.1 Å². The highest BCUT2D eigenvalue weighted by atomic mass is 32.1. The number of para-hydroxylation sites is 3. The highest BCUT2D eigenvalue weighted by molar-refractivity contribution is 7.81. The van der Waals surface area contributed by atoms with Crippen LogP contribution in [-0.4, -0.2) is 21.0 Å². The summed E-state index contributed by atoms with van der Waals surface area (Å²) in [6, 6.07) is 15.6. The number of aliphatic carboxylic acids is 1. The van der Waals surface area contributed by atoms with Crippen molar-refractivity contribution in [2.24, 2.45) is 0 Å². The van der Waals surface area contributed by atoms with Crippen LogP contribution in [0.4, 0.5) is 5.69 Å². The number of carbonyl (C=O) groups is 1. The molecule has 8 heteroatoms. The Morgan fingerprint density at radius 2 is 1.64 bits per heavy atom. The maximum absolute atomic E-state index is 11.5. The van der Waals surface area contributed by atoms with Gasteiger partial charge >= 0.3 is 5.97 Å². The lowest BCUT2D eigenvalue weighted by atomic mass is 10.0. The zero-order chi connectivity index (χ0) is 19.9. The quantitative estimate of drug-likeness (QED) is 0.390. The Morgan fingerprint density at radius 1 is 1.04 bits per heavy atom. The van der Waals surface area contributed by atoms with Gasteiger partial charge in [-0.25, -0.2) is 14.8 Å². The minimum Gasteiger partial charge on any atom is -0.478 e. The third-order valence-electron chi connectivity index (χ3n) is 3.75. The number of hydrogen-bond acceptors (Lipinski definition) is 7. The molecule has 0 amide bonds. The van der Waals surface area contributed by atoms with Crippen molar-refractivity contribution in [1.82, 2.24) is 9.97 Å². The first-order chi connectivity index (χ1) is 13.6. The van der Waals surface area contributed by atoms with Crippen LogP contribution >= 0.6 is 12.8 Å². The average Bonchev–Trinajstić information content (AvgIpc) is 2.70. The summed E-state index contributed by atoms with van der Waals surface area (Å²) in [4.78, 5) is 19.6. The van der Waals surface area contributed by atoms with E-state index < -0.39 is 5.97 Å². The second kappa shape index (κ2) is 8.92. The molecule has 0 atom stereocenters. The summed E-state index contributed by atoms with van der Waals surface area (Å²) in [6.45, 7) is 1.66. The Morgan fingerprint density at radius 3 is 2.29 bits per heavy atom. The third-order valence-corrected chi connectivity index (χ3v) is 3.99. The molecule has 3 aromatic rings. The van der Waals surface area contributed by atoms with E-state index >= 15 is 0 Å². The highest BCUT2D eigenvalue weighted by Gasteiger charge is 2.15. The van der Waals surface area contributed by atoms with Crippen molar-refractivity contribution in [2.45, 2.75) is 6.92 Å². The summed E-state index contributed by atoms with van der Waals surface area (Å²) >= 11 is 4.05. The first-order valence-corrected chi connectivity index (χ1v) is 8.73. The summed E-state index contributed by atoms with van der Waals surface area (Å²) in [6.07, 6.45) is 2.82. The molecule has 0 unspecified atom stereocenters. The van der Waals surface area contributed by atoms with Crippen molar-refractivity contribution in [3.63, 3.8) is 0 Å². The highest BCUT2D eigenvalue weighted by Crippen LogP contribution is 2.32. The molecule has 0 aliphatic carbocycles. The molecular weight excluding hydrogens is 378 g/mol. The molecule has 28 heavy (non-hydrogen) atoms. The Bertz CT molecular complexity index is 1020. The van der Waals surface area contributed by atoms with E-state index in [1.54, 1.807) is 37.3 Å². The maximum atomic E-state index is 11.5. The molecule has 142 valence electrons. The van der Waals surface area contributed by atoms with Gasteiger partial charge in [0.05, 0.1) is 17.3 Å². The summed E-state index contributed by atoms with van der Waals surface area (Å²) in [5, 5.41) is 9.39. The summed E-state index contributed by atoms with van der Waals surface area (Å²) in [5.74, 6) is 0.337. The summed E-state index contributed by atoms with van der Waals surface area (Å²) < 4.78 is 14.3. The molecule has 0 aliphatic rings. The normalized spacial score (nSPS) is 11.0. The van der Waals surface area contributed by atoms with Crippen LogP contribution in [0.3, 0.4) is 0 Å². The molecule has 0 bridgehead atoms. The van der Waals surface area contributed by atoms with Crippen molar-refractivity contribution in [1.29, 1.82) is 0 Å². The molecule has 7 nitrogen and oxygen atoms in total. The lowest BCUT2D eigenvalue weighted by Gasteiger charge is -2.12. The fraction of sp³-hybridized carbons (Fsp3) is 0.0500. The second-order valence-corrected chi connectivity index (χ2v) is 5.73. The SMILES string of the molecule is C/C=C(/C(=O)O)c1ccccc1Oc1cc(Oc2ccccc2NS)ncn1. The van der Waals surface area contributed by atoms with E-state index in [0.29, 0.717) is 22.7 Å². The zero-order valence-corrected chi connectivity index (χ0v) is 15.8. The molecule has 2 aromatic carbocycles. The minimum absolute atomic E-state index is 0.134. The number of allylic oxidation sites excluding steroid dienone is 1. The van der Waals surface area contributed by atoms with Gasteiger partial charge in [-0.3, -0.25) is 0 Å². The number of anilines is 1. The smallest absolute Gasteiger partial charge is 0.336 e. The largest absolute Gasteiger partial charge is 0.478 e. The lowest BCUT2D eigenvalue weighted by Crippen LogP contribution is -2.02. The predicted molar refractivity (Wildman–Crippen MR) is 109 cm³/mol. The lowest BCUT2D eigenvalue weighted by molar-refractivity contribution is -0.130. The van der Waals surface area contributed by atoms with E-state index in [9.17, 15) is 9.90 Å². The summed E-state index contributed by atoms with van der Waals surface area (Å²) in [5.41, 5.74) is 1.26. The number of nitrogens with zero attached hydrogens (tertiary/aromatic N) is 2. The van der Waals surface area contributed by atoms with Crippen LogP contribution in [0, 0.1) is 0 Å². The van der Waals surface area contributed by atoms with Crippen molar-refractivity contribution < 1.29 is 19.4 Å². The maximum Gasteiger partial charge on any atom is 0.336 e. The van der Waals surface area contributed by atoms with Crippen LogP contribution in [-0.2, 0) is 4.79 Å². The standard InChI is InChI=1S/C20H17N3O4S/c1-2-13(20(24)25)14-7-3-5-9-16(14)26-18-11-19(22-12-21-18)27-17-10-6-4-8-15(17)23-28/h2-12,23,28H,1H3,(H,24,25)/b13-2+.